The van der Waals surface area contributed by atoms with Crippen LogP contribution in [0.4, 0.5) is 11.4 Å². The number of hydrogen-bond donors (Lipinski definition) is 0. The maximum atomic E-state index is 13.4. The number of Topliss-reactive ketones (excluding diaryl/α,β-unsaturated/α-hetero) is 1. The van der Waals surface area contributed by atoms with E-state index in [-0.39, 0.29) is 29.6 Å². The Morgan fingerprint density at radius 2 is 1.85 bits per heavy atom. The third kappa shape index (κ3) is 2.73. The maximum Gasteiger partial charge on any atom is 0.264 e. The number of carbonyl (C=O) groups excluding carboxylic acids is 2. The van der Waals surface area contributed by atoms with Gasteiger partial charge in [-0.05, 0) is 48.7 Å². The molecule has 0 saturated carbocycles. The van der Waals surface area contributed by atoms with Gasteiger partial charge in [0, 0.05) is 37.7 Å². The van der Waals surface area contributed by atoms with Gasteiger partial charge in [0.25, 0.3) is 10.0 Å². The minimum absolute atomic E-state index is 0.0359. The average molecular weight is 384 g/mol. The van der Waals surface area contributed by atoms with E-state index in [2.05, 4.69) is 0 Å². The number of carbonyl (C=O) groups is 2. The molecule has 140 valence electrons. The minimum Gasteiger partial charge on any atom is -0.312 e. The second-order valence-corrected chi connectivity index (χ2v) is 8.79. The van der Waals surface area contributed by atoms with Crippen molar-refractivity contribution in [1.29, 1.82) is 0 Å². The van der Waals surface area contributed by atoms with Gasteiger partial charge in [-0.15, -0.1) is 0 Å². The third-order valence-corrected chi connectivity index (χ3v) is 7.04. The number of ketones is 1. The fourth-order valence-corrected chi connectivity index (χ4v) is 5.50. The summed E-state index contributed by atoms with van der Waals surface area (Å²) < 4.78 is 28.1. The molecule has 0 spiro atoms. The van der Waals surface area contributed by atoms with E-state index in [1.807, 2.05) is 13.0 Å². The smallest absolute Gasteiger partial charge is 0.264 e. The fraction of sp³-hybridized carbons (Fsp3) is 0.300. The summed E-state index contributed by atoms with van der Waals surface area (Å²) in [6.07, 6.45) is 0.797. The fourth-order valence-electron chi connectivity index (χ4n) is 3.90. The van der Waals surface area contributed by atoms with E-state index < -0.39 is 10.0 Å². The summed E-state index contributed by atoms with van der Waals surface area (Å²) in [6, 6.07) is 10.2. The molecule has 0 N–H and O–H groups in total. The van der Waals surface area contributed by atoms with Gasteiger partial charge >= 0.3 is 0 Å². The quantitative estimate of drug-likeness (QED) is 0.798. The van der Waals surface area contributed by atoms with Crippen molar-refractivity contribution in [3.05, 3.63) is 53.1 Å². The summed E-state index contributed by atoms with van der Waals surface area (Å²) in [4.78, 5) is 25.8. The van der Waals surface area contributed by atoms with Crippen LogP contribution in [0.15, 0.2) is 41.3 Å². The maximum absolute atomic E-state index is 13.4. The monoisotopic (exact) mass is 384 g/mol. The van der Waals surface area contributed by atoms with Crippen LogP contribution in [0.25, 0.3) is 0 Å². The van der Waals surface area contributed by atoms with Gasteiger partial charge in [-0.1, -0.05) is 12.1 Å². The van der Waals surface area contributed by atoms with Crippen molar-refractivity contribution in [1.82, 2.24) is 0 Å². The van der Waals surface area contributed by atoms with Crippen LogP contribution in [0.1, 0.15) is 34.8 Å². The Bertz CT molecular complexity index is 1080. The lowest BCUT2D eigenvalue weighted by atomic mass is 9.99. The normalized spacial score (nSPS) is 16.3. The van der Waals surface area contributed by atoms with Gasteiger partial charge in [0.2, 0.25) is 5.91 Å². The van der Waals surface area contributed by atoms with Crippen molar-refractivity contribution in [3.63, 3.8) is 0 Å². The predicted octanol–water partition coefficient (Wildman–Crippen LogP) is 2.69. The van der Waals surface area contributed by atoms with E-state index in [1.165, 1.54) is 11.2 Å². The van der Waals surface area contributed by atoms with Crippen LogP contribution in [-0.4, -0.2) is 33.2 Å². The SMILES string of the molecule is CC(=O)N1CCc2cc(S(=O)(=O)N3CCC(=O)c4cccc(C)c43)ccc21. The van der Waals surface area contributed by atoms with Crippen molar-refractivity contribution in [2.24, 2.45) is 0 Å². The highest BCUT2D eigenvalue weighted by atomic mass is 32.2. The number of nitrogens with zero attached hydrogens (tertiary/aromatic N) is 2. The van der Waals surface area contributed by atoms with Gasteiger partial charge in [0.1, 0.15) is 0 Å². The Kier molecular flexibility index (Phi) is 4.07. The lowest BCUT2D eigenvalue weighted by Gasteiger charge is -2.31. The summed E-state index contributed by atoms with van der Waals surface area (Å²) in [6.45, 7) is 4.02. The molecular formula is C20H20N2O4S. The number of para-hydroxylation sites is 1. The Hall–Kier alpha value is -2.67. The molecule has 4 rings (SSSR count). The zero-order valence-electron chi connectivity index (χ0n) is 15.2. The molecule has 1 amide bonds. The first-order valence-electron chi connectivity index (χ1n) is 8.87. The Balaban J connectivity index is 1.79. The summed E-state index contributed by atoms with van der Waals surface area (Å²) >= 11 is 0. The van der Waals surface area contributed by atoms with Crippen LogP contribution < -0.4 is 9.21 Å². The molecule has 0 aliphatic carbocycles. The van der Waals surface area contributed by atoms with Gasteiger partial charge in [0.05, 0.1) is 10.6 Å². The molecule has 0 unspecified atom stereocenters. The number of fused-ring (bicyclic) bond motifs is 2. The first-order chi connectivity index (χ1) is 12.8. The zero-order valence-corrected chi connectivity index (χ0v) is 16.0. The lowest BCUT2D eigenvalue weighted by molar-refractivity contribution is -0.116. The molecule has 27 heavy (non-hydrogen) atoms. The molecule has 2 aliphatic heterocycles. The molecule has 2 heterocycles. The van der Waals surface area contributed by atoms with Crippen LogP contribution in [-0.2, 0) is 21.2 Å². The highest BCUT2D eigenvalue weighted by molar-refractivity contribution is 7.92. The molecule has 0 radical (unpaired) electrons. The van der Waals surface area contributed by atoms with Gasteiger partial charge in [-0.25, -0.2) is 8.42 Å². The van der Waals surface area contributed by atoms with E-state index in [4.69, 9.17) is 0 Å². The number of hydrogen-bond acceptors (Lipinski definition) is 4. The largest absolute Gasteiger partial charge is 0.312 e. The average Bonchev–Trinajstić information content (AvgIpc) is 3.06. The molecule has 0 saturated heterocycles. The van der Waals surface area contributed by atoms with Crippen LogP contribution in [0, 0.1) is 6.92 Å². The standard InChI is InChI=1S/C20H20N2O4S/c1-13-4-3-5-17-19(24)9-11-22(20(13)17)27(25,26)16-6-7-18-15(12-16)8-10-21(18)14(2)23/h3-7,12H,8-11H2,1-2H3. The van der Waals surface area contributed by atoms with E-state index in [0.717, 1.165) is 16.8 Å². The summed E-state index contributed by atoms with van der Waals surface area (Å²) in [5, 5.41) is 0. The zero-order chi connectivity index (χ0) is 19.3. The van der Waals surface area contributed by atoms with Crippen LogP contribution >= 0.6 is 0 Å². The lowest BCUT2D eigenvalue weighted by Crippen LogP contribution is -2.38. The molecule has 0 atom stereocenters. The van der Waals surface area contributed by atoms with E-state index in [1.54, 1.807) is 35.2 Å². The summed E-state index contributed by atoms with van der Waals surface area (Å²) in [7, 11) is -3.80. The van der Waals surface area contributed by atoms with Gasteiger partial charge in [-0.3, -0.25) is 13.9 Å². The van der Waals surface area contributed by atoms with Crippen LogP contribution in [0.3, 0.4) is 0 Å². The molecular weight excluding hydrogens is 364 g/mol. The molecule has 2 aromatic carbocycles. The number of anilines is 2. The molecule has 0 bridgehead atoms. The number of sulfonamides is 1. The first-order valence-corrected chi connectivity index (χ1v) is 10.3. The second-order valence-electron chi connectivity index (χ2n) is 6.93. The van der Waals surface area contributed by atoms with Crippen molar-refractivity contribution >= 4 is 33.1 Å². The van der Waals surface area contributed by atoms with Crippen molar-refractivity contribution in [2.45, 2.75) is 31.6 Å². The Morgan fingerprint density at radius 1 is 1.07 bits per heavy atom. The van der Waals surface area contributed by atoms with Gasteiger partial charge in [0.15, 0.2) is 5.78 Å². The molecule has 7 heteroatoms. The van der Waals surface area contributed by atoms with E-state index in [9.17, 15) is 18.0 Å². The van der Waals surface area contributed by atoms with Gasteiger partial charge in [-0.2, -0.15) is 0 Å². The third-order valence-electron chi connectivity index (χ3n) is 5.24. The van der Waals surface area contributed by atoms with Crippen molar-refractivity contribution in [3.8, 4) is 0 Å². The van der Waals surface area contributed by atoms with E-state index >= 15 is 0 Å². The van der Waals surface area contributed by atoms with Crippen molar-refractivity contribution < 1.29 is 18.0 Å². The molecule has 0 aromatic heterocycles. The topological polar surface area (TPSA) is 74.8 Å². The molecule has 6 nitrogen and oxygen atoms in total. The minimum atomic E-state index is -3.80. The number of aryl methyl sites for hydroxylation is 1. The van der Waals surface area contributed by atoms with Gasteiger partial charge < -0.3 is 4.90 Å². The Morgan fingerprint density at radius 3 is 2.59 bits per heavy atom. The highest BCUT2D eigenvalue weighted by Gasteiger charge is 2.34. The summed E-state index contributed by atoms with van der Waals surface area (Å²) in [5.41, 5.74) is 3.30. The predicted molar refractivity (Wildman–Crippen MR) is 103 cm³/mol. The molecule has 2 aromatic rings. The number of amides is 1. The van der Waals surface area contributed by atoms with Crippen molar-refractivity contribution in [2.75, 3.05) is 22.3 Å². The van der Waals surface area contributed by atoms with Crippen LogP contribution in [0.2, 0.25) is 0 Å². The summed E-state index contributed by atoms with van der Waals surface area (Å²) in [5.74, 6) is -0.0883. The highest BCUT2D eigenvalue weighted by Crippen LogP contribution is 2.36. The van der Waals surface area contributed by atoms with Crippen LogP contribution in [0.5, 0.6) is 0 Å². The Labute approximate surface area is 158 Å². The molecule has 2 aliphatic rings. The number of rotatable bonds is 2. The molecule has 0 fully saturated rings. The van der Waals surface area contributed by atoms with E-state index in [0.29, 0.717) is 24.2 Å². The first kappa shape index (κ1) is 17.7. The number of benzene rings is 2. The second kappa shape index (κ2) is 6.20.